The van der Waals surface area contributed by atoms with Gasteiger partial charge in [0.15, 0.2) is 0 Å². The summed E-state index contributed by atoms with van der Waals surface area (Å²) in [6.45, 7) is 2.60. The van der Waals surface area contributed by atoms with Crippen molar-refractivity contribution in [3.8, 4) is 5.75 Å². The first kappa shape index (κ1) is 14.6. The molecule has 0 aliphatic heterocycles. The number of thiazole rings is 1. The smallest absolute Gasteiger partial charge is 0.142 e. The second kappa shape index (κ2) is 6.62. The van der Waals surface area contributed by atoms with E-state index in [0.717, 1.165) is 28.3 Å². The van der Waals surface area contributed by atoms with Crippen LogP contribution in [0.3, 0.4) is 0 Å². The van der Waals surface area contributed by atoms with E-state index in [1.807, 2.05) is 35.8 Å². The van der Waals surface area contributed by atoms with E-state index in [1.165, 1.54) is 5.56 Å². The minimum absolute atomic E-state index is 0.526. The van der Waals surface area contributed by atoms with Crippen LogP contribution in [0, 0.1) is 6.92 Å². The zero-order chi connectivity index (χ0) is 15.4. The number of aryl methyl sites for hydroxylation is 1. The average Bonchev–Trinajstić information content (AvgIpc) is 2.99. The summed E-state index contributed by atoms with van der Waals surface area (Å²) in [5, 5.41) is 3.07. The number of ether oxygens (including phenoxy) is 1. The van der Waals surface area contributed by atoms with Gasteiger partial charge in [0.05, 0.1) is 10.7 Å². The van der Waals surface area contributed by atoms with Crippen molar-refractivity contribution in [1.82, 2.24) is 4.98 Å². The summed E-state index contributed by atoms with van der Waals surface area (Å²) in [6.07, 6.45) is 2.63. The highest BCUT2D eigenvalue weighted by Crippen LogP contribution is 2.25. The molecular formula is C18H18N2OS. The van der Waals surface area contributed by atoms with Crippen LogP contribution in [-0.4, -0.2) is 4.98 Å². The van der Waals surface area contributed by atoms with Gasteiger partial charge in [-0.3, -0.25) is 0 Å². The van der Waals surface area contributed by atoms with Crippen LogP contribution in [0.15, 0.2) is 54.0 Å². The normalized spacial score (nSPS) is 10.6. The molecule has 0 saturated carbocycles. The molecule has 0 atom stereocenters. The van der Waals surface area contributed by atoms with Crippen LogP contribution < -0.4 is 10.5 Å². The summed E-state index contributed by atoms with van der Waals surface area (Å²) in [5.74, 6) is 0.726. The van der Waals surface area contributed by atoms with Crippen LogP contribution in [0.1, 0.15) is 21.7 Å². The van der Waals surface area contributed by atoms with Gasteiger partial charge >= 0.3 is 0 Å². The highest BCUT2D eigenvalue weighted by molar-refractivity contribution is 7.09. The van der Waals surface area contributed by atoms with E-state index >= 15 is 0 Å². The van der Waals surface area contributed by atoms with Gasteiger partial charge in [-0.25, -0.2) is 4.98 Å². The molecule has 0 fully saturated rings. The molecule has 3 nitrogen and oxygen atoms in total. The monoisotopic (exact) mass is 310 g/mol. The molecule has 0 amide bonds. The Morgan fingerprint density at radius 2 is 2.05 bits per heavy atom. The summed E-state index contributed by atoms with van der Waals surface area (Å²) >= 11 is 1.65. The van der Waals surface area contributed by atoms with Crippen molar-refractivity contribution >= 4 is 17.0 Å². The van der Waals surface area contributed by atoms with Gasteiger partial charge in [0, 0.05) is 18.0 Å². The largest absolute Gasteiger partial charge is 0.487 e. The molecule has 0 saturated heterocycles. The average molecular weight is 310 g/mol. The molecule has 3 aromatic rings. The Labute approximate surface area is 134 Å². The number of nitrogen functional groups attached to an aromatic ring is 1. The molecule has 4 heteroatoms. The predicted molar refractivity (Wildman–Crippen MR) is 91.3 cm³/mol. The molecule has 22 heavy (non-hydrogen) atoms. The maximum Gasteiger partial charge on any atom is 0.142 e. The number of hydrogen-bond donors (Lipinski definition) is 1. The zero-order valence-corrected chi connectivity index (χ0v) is 13.3. The Hall–Kier alpha value is -2.33. The molecule has 2 aromatic carbocycles. The van der Waals surface area contributed by atoms with Crippen molar-refractivity contribution in [3.63, 3.8) is 0 Å². The van der Waals surface area contributed by atoms with Crippen LogP contribution in [-0.2, 0) is 13.0 Å². The van der Waals surface area contributed by atoms with Crippen LogP contribution >= 0.6 is 11.3 Å². The number of rotatable bonds is 5. The van der Waals surface area contributed by atoms with Gasteiger partial charge in [-0.15, -0.1) is 11.3 Å². The molecule has 2 N–H and O–H groups in total. The molecular weight excluding hydrogens is 292 g/mol. The third-order valence-electron chi connectivity index (χ3n) is 3.39. The van der Waals surface area contributed by atoms with E-state index < -0.39 is 0 Å². The molecule has 0 aliphatic carbocycles. The first-order valence-corrected chi connectivity index (χ1v) is 8.04. The number of nitrogens with two attached hydrogens (primary N) is 1. The number of aromatic nitrogens is 1. The predicted octanol–water partition coefficient (Wildman–Crippen LogP) is 4.20. The van der Waals surface area contributed by atoms with Crippen LogP contribution in [0.5, 0.6) is 5.75 Å². The standard InChI is InChI=1S/C18H18N2OS/c1-13-3-2-4-15(9-13)12-21-17-6-5-14(10-16(17)19)11-18-20-7-8-22-18/h2-10H,11-12,19H2,1H3. The minimum Gasteiger partial charge on any atom is -0.487 e. The third-order valence-corrected chi connectivity index (χ3v) is 4.17. The third kappa shape index (κ3) is 3.65. The van der Waals surface area contributed by atoms with Crippen molar-refractivity contribution < 1.29 is 4.74 Å². The fourth-order valence-electron chi connectivity index (χ4n) is 2.32. The van der Waals surface area contributed by atoms with Crippen molar-refractivity contribution in [2.75, 3.05) is 5.73 Å². The highest BCUT2D eigenvalue weighted by atomic mass is 32.1. The van der Waals surface area contributed by atoms with Crippen molar-refractivity contribution in [2.24, 2.45) is 0 Å². The summed E-state index contributed by atoms with van der Waals surface area (Å²) in [7, 11) is 0. The second-order valence-corrected chi connectivity index (χ2v) is 6.23. The van der Waals surface area contributed by atoms with E-state index in [0.29, 0.717) is 12.3 Å². The van der Waals surface area contributed by atoms with E-state index in [-0.39, 0.29) is 0 Å². The Morgan fingerprint density at radius 3 is 2.77 bits per heavy atom. The maximum absolute atomic E-state index is 6.10. The number of anilines is 1. The molecule has 0 bridgehead atoms. The van der Waals surface area contributed by atoms with E-state index in [4.69, 9.17) is 10.5 Å². The Balaban J connectivity index is 1.67. The van der Waals surface area contributed by atoms with Gasteiger partial charge in [0.2, 0.25) is 0 Å². The van der Waals surface area contributed by atoms with E-state index in [2.05, 4.69) is 30.1 Å². The summed E-state index contributed by atoms with van der Waals surface area (Å²) in [6, 6.07) is 14.2. The highest BCUT2D eigenvalue weighted by Gasteiger charge is 2.05. The molecule has 1 aromatic heterocycles. The lowest BCUT2D eigenvalue weighted by Gasteiger charge is -2.10. The van der Waals surface area contributed by atoms with Gasteiger partial charge in [-0.05, 0) is 30.2 Å². The zero-order valence-electron chi connectivity index (χ0n) is 12.5. The van der Waals surface area contributed by atoms with E-state index in [1.54, 1.807) is 11.3 Å². The van der Waals surface area contributed by atoms with Crippen molar-refractivity contribution in [1.29, 1.82) is 0 Å². The molecule has 0 spiro atoms. The SMILES string of the molecule is Cc1cccc(COc2ccc(Cc3nccs3)cc2N)c1. The lowest BCUT2D eigenvalue weighted by atomic mass is 10.1. The van der Waals surface area contributed by atoms with Crippen molar-refractivity contribution in [3.05, 3.63) is 75.7 Å². The summed E-state index contributed by atoms with van der Waals surface area (Å²) in [4.78, 5) is 4.29. The lowest BCUT2D eigenvalue weighted by Crippen LogP contribution is -2.00. The van der Waals surface area contributed by atoms with Crippen LogP contribution in [0.2, 0.25) is 0 Å². The van der Waals surface area contributed by atoms with Crippen LogP contribution in [0.25, 0.3) is 0 Å². The fourth-order valence-corrected chi connectivity index (χ4v) is 2.97. The summed E-state index contributed by atoms with van der Waals surface area (Å²) < 4.78 is 5.83. The van der Waals surface area contributed by atoms with Gasteiger partial charge < -0.3 is 10.5 Å². The Morgan fingerprint density at radius 1 is 1.14 bits per heavy atom. The van der Waals surface area contributed by atoms with E-state index in [9.17, 15) is 0 Å². The quantitative estimate of drug-likeness (QED) is 0.718. The Bertz CT molecular complexity index is 754. The summed E-state index contributed by atoms with van der Waals surface area (Å²) in [5.41, 5.74) is 10.3. The first-order chi connectivity index (χ1) is 10.7. The maximum atomic E-state index is 6.10. The van der Waals surface area contributed by atoms with Crippen LogP contribution in [0.4, 0.5) is 5.69 Å². The minimum atomic E-state index is 0.526. The molecule has 112 valence electrons. The lowest BCUT2D eigenvalue weighted by molar-refractivity contribution is 0.308. The van der Waals surface area contributed by atoms with Gasteiger partial charge in [-0.2, -0.15) is 0 Å². The number of hydrogen-bond acceptors (Lipinski definition) is 4. The first-order valence-electron chi connectivity index (χ1n) is 7.16. The second-order valence-electron chi connectivity index (χ2n) is 5.25. The molecule has 0 aliphatic rings. The molecule has 3 rings (SSSR count). The van der Waals surface area contributed by atoms with Crippen molar-refractivity contribution in [2.45, 2.75) is 20.0 Å². The number of nitrogens with zero attached hydrogens (tertiary/aromatic N) is 1. The fraction of sp³-hybridized carbons (Fsp3) is 0.167. The Kier molecular flexibility index (Phi) is 4.39. The number of benzene rings is 2. The molecule has 1 heterocycles. The van der Waals surface area contributed by atoms with Gasteiger partial charge in [0.25, 0.3) is 0 Å². The van der Waals surface area contributed by atoms with Gasteiger partial charge in [-0.1, -0.05) is 35.9 Å². The molecule has 0 radical (unpaired) electrons. The topological polar surface area (TPSA) is 48.1 Å². The molecule has 0 unspecified atom stereocenters. The van der Waals surface area contributed by atoms with Gasteiger partial charge in [0.1, 0.15) is 12.4 Å².